The summed E-state index contributed by atoms with van der Waals surface area (Å²) >= 11 is 0. The van der Waals surface area contributed by atoms with Gasteiger partial charge in [-0.1, -0.05) is 0 Å². The SMILES string of the molecule is CC(=O)OC[C@H](CC1CC[C@@H](OC(C)=O)[C@]2(C)Oc3cc(-c4cccnc4)oc(=O)c3[C@H](O)[C@@H]12)OC(C)=O. The van der Waals surface area contributed by atoms with Crippen LogP contribution in [0.1, 0.15) is 58.6 Å². The fourth-order valence-corrected chi connectivity index (χ4v) is 5.69. The number of aliphatic hydroxyl groups excluding tert-OH is 1. The molecule has 204 valence electrons. The van der Waals surface area contributed by atoms with E-state index in [4.69, 9.17) is 23.4 Å². The van der Waals surface area contributed by atoms with E-state index in [0.717, 1.165) is 0 Å². The van der Waals surface area contributed by atoms with Crippen molar-refractivity contribution in [2.24, 2.45) is 11.8 Å². The fourth-order valence-electron chi connectivity index (χ4n) is 5.69. The molecular weight excluding hydrogens is 498 g/mol. The molecule has 11 heteroatoms. The van der Waals surface area contributed by atoms with E-state index in [0.29, 0.717) is 18.4 Å². The van der Waals surface area contributed by atoms with E-state index >= 15 is 0 Å². The maximum atomic E-state index is 13.1. The predicted molar refractivity (Wildman–Crippen MR) is 131 cm³/mol. The molecule has 6 atom stereocenters. The second-order valence-electron chi connectivity index (χ2n) is 9.88. The Morgan fingerprint density at radius 1 is 1.18 bits per heavy atom. The van der Waals surface area contributed by atoms with Crippen molar-refractivity contribution in [3.8, 4) is 17.1 Å². The van der Waals surface area contributed by atoms with Crippen molar-refractivity contribution >= 4 is 17.9 Å². The van der Waals surface area contributed by atoms with Crippen molar-refractivity contribution in [1.29, 1.82) is 0 Å². The van der Waals surface area contributed by atoms with Crippen LogP contribution in [-0.4, -0.2) is 52.4 Å². The number of rotatable bonds is 7. The van der Waals surface area contributed by atoms with Gasteiger partial charge in [-0.25, -0.2) is 4.79 Å². The summed E-state index contributed by atoms with van der Waals surface area (Å²) < 4.78 is 28.1. The number of hydrogen-bond acceptors (Lipinski definition) is 11. The predicted octanol–water partition coefficient (Wildman–Crippen LogP) is 2.73. The van der Waals surface area contributed by atoms with Crippen LogP contribution in [0.4, 0.5) is 0 Å². The van der Waals surface area contributed by atoms with Crippen LogP contribution < -0.4 is 10.4 Å². The van der Waals surface area contributed by atoms with Crippen LogP contribution in [0, 0.1) is 11.8 Å². The first-order valence-electron chi connectivity index (χ1n) is 12.4. The van der Waals surface area contributed by atoms with E-state index in [1.807, 2.05) is 0 Å². The standard InChI is InChI=1S/C27H31NO10/c1-14(29)34-13-19(35-15(2)30)10-17-7-8-22(36-16(3)31)27(4)24(17)25(32)23-21(38-27)11-20(37-26(23)33)18-6-5-9-28-12-18/h5-6,9,11-12,17,19,22,24-25,32H,7-8,10,13H2,1-4H3/t17?,19-,22+,24+,25-,27-/m0/s1. The van der Waals surface area contributed by atoms with Crippen molar-refractivity contribution in [3.63, 3.8) is 0 Å². The lowest BCUT2D eigenvalue weighted by Crippen LogP contribution is -2.62. The summed E-state index contributed by atoms with van der Waals surface area (Å²) in [7, 11) is 0. The number of esters is 3. The van der Waals surface area contributed by atoms with Crippen molar-refractivity contribution in [1.82, 2.24) is 4.98 Å². The van der Waals surface area contributed by atoms with Gasteiger partial charge in [0.25, 0.3) is 0 Å². The molecule has 2 aromatic heterocycles. The van der Waals surface area contributed by atoms with E-state index in [1.165, 1.54) is 33.0 Å². The van der Waals surface area contributed by atoms with Crippen LogP contribution in [0.15, 0.2) is 39.8 Å². The number of ether oxygens (including phenoxy) is 4. The molecule has 0 bridgehead atoms. The topological polar surface area (TPSA) is 151 Å². The molecule has 1 N–H and O–H groups in total. The van der Waals surface area contributed by atoms with Gasteiger partial charge in [0, 0.05) is 50.7 Å². The molecule has 0 aromatic carbocycles. The molecule has 1 aliphatic carbocycles. The first-order chi connectivity index (χ1) is 18.0. The van der Waals surface area contributed by atoms with Crippen LogP contribution in [0.25, 0.3) is 11.3 Å². The third kappa shape index (κ3) is 5.57. The first kappa shape index (κ1) is 27.3. The number of fused-ring (bicyclic) bond motifs is 2. The largest absolute Gasteiger partial charge is 0.482 e. The number of aromatic nitrogens is 1. The summed E-state index contributed by atoms with van der Waals surface area (Å²) in [5.41, 5.74) is -1.49. The summed E-state index contributed by atoms with van der Waals surface area (Å²) in [6, 6.07) is 4.94. The molecule has 11 nitrogen and oxygen atoms in total. The fraction of sp³-hybridized carbons (Fsp3) is 0.519. The third-order valence-electron chi connectivity index (χ3n) is 7.15. The Bertz CT molecular complexity index is 1260. The molecule has 2 aliphatic rings. The molecule has 1 fully saturated rings. The monoisotopic (exact) mass is 529 g/mol. The third-order valence-corrected chi connectivity index (χ3v) is 7.15. The lowest BCUT2D eigenvalue weighted by molar-refractivity contribution is -0.200. The van der Waals surface area contributed by atoms with Crippen molar-refractivity contribution < 1.29 is 42.9 Å². The van der Waals surface area contributed by atoms with Gasteiger partial charge in [-0.3, -0.25) is 19.4 Å². The molecule has 0 spiro atoms. The summed E-state index contributed by atoms with van der Waals surface area (Å²) in [6.45, 7) is 5.37. The summed E-state index contributed by atoms with van der Waals surface area (Å²) in [5, 5.41) is 11.6. The van der Waals surface area contributed by atoms with Gasteiger partial charge >= 0.3 is 23.5 Å². The molecule has 1 unspecified atom stereocenters. The summed E-state index contributed by atoms with van der Waals surface area (Å²) in [6.07, 6.45) is 1.36. The molecule has 3 heterocycles. The highest BCUT2D eigenvalue weighted by molar-refractivity contribution is 5.67. The Morgan fingerprint density at radius 3 is 2.58 bits per heavy atom. The lowest BCUT2D eigenvalue weighted by atomic mass is 9.62. The van der Waals surface area contributed by atoms with Crippen LogP contribution in [0.5, 0.6) is 5.75 Å². The van der Waals surface area contributed by atoms with Crippen LogP contribution in [0.2, 0.25) is 0 Å². The minimum atomic E-state index is -1.34. The van der Waals surface area contributed by atoms with E-state index in [-0.39, 0.29) is 36.0 Å². The highest BCUT2D eigenvalue weighted by atomic mass is 16.6. The molecule has 2 aromatic rings. The molecule has 4 rings (SSSR count). The highest BCUT2D eigenvalue weighted by Crippen LogP contribution is 2.54. The van der Waals surface area contributed by atoms with E-state index in [2.05, 4.69) is 4.98 Å². The quantitative estimate of drug-likeness (QED) is 0.416. The number of carbonyl (C=O) groups is 3. The van der Waals surface area contributed by atoms with Crippen LogP contribution >= 0.6 is 0 Å². The highest BCUT2D eigenvalue weighted by Gasteiger charge is 2.59. The number of nitrogens with zero attached hydrogens (tertiary/aromatic N) is 1. The van der Waals surface area contributed by atoms with Gasteiger partial charge in [0.1, 0.15) is 41.5 Å². The molecule has 0 radical (unpaired) electrons. The van der Waals surface area contributed by atoms with Gasteiger partial charge in [-0.15, -0.1) is 0 Å². The van der Waals surface area contributed by atoms with E-state index in [9.17, 15) is 24.3 Å². The minimum absolute atomic E-state index is 0.0439. The van der Waals surface area contributed by atoms with Gasteiger partial charge < -0.3 is 28.5 Å². The first-order valence-corrected chi connectivity index (χ1v) is 12.4. The van der Waals surface area contributed by atoms with Crippen molar-refractivity contribution in [3.05, 3.63) is 46.6 Å². The smallest absolute Gasteiger partial charge is 0.345 e. The summed E-state index contributed by atoms with van der Waals surface area (Å²) in [5.74, 6) is -2.34. The number of pyridine rings is 1. The zero-order valence-electron chi connectivity index (χ0n) is 21.7. The van der Waals surface area contributed by atoms with Gasteiger partial charge in [-0.05, 0) is 44.2 Å². The van der Waals surface area contributed by atoms with Crippen LogP contribution in [-0.2, 0) is 28.6 Å². The molecular formula is C27H31NO10. The van der Waals surface area contributed by atoms with Gasteiger partial charge in [0.15, 0.2) is 0 Å². The van der Waals surface area contributed by atoms with Gasteiger partial charge in [0.2, 0.25) is 0 Å². The maximum absolute atomic E-state index is 13.1. The maximum Gasteiger partial charge on any atom is 0.345 e. The zero-order chi connectivity index (χ0) is 27.6. The Morgan fingerprint density at radius 2 is 1.95 bits per heavy atom. The Kier molecular flexibility index (Phi) is 7.86. The second kappa shape index (κ2) is 10.9. The number of aliphatic hydroxyl groups is 1. The second-order valence-corrected chi connectivity index (χ2v) is 9.88. The molecule has 1 saturated carbocycles. The van der Waals surface area contributed by atoms with Crippen molar-refractivity contribution in [2.75, 3.05) is 6.61 Å². The molecule has 0 amide bonds. The average Bonchev–Trinajstić information content (AvgIpc) is 2.83. The molecule has 0 saturated heterocycles. The van der Waals surface area contributed by atoms with Crippen LogP contribution in [0.3, 0.4) is 0 Å². The Hall–Kier alpha value is -3.73. The summed E-state index contributed by atoms with van der Waals surface area (Å²) in [4.78, 5) is 52.2. The lowest BCUT2D eigenvalue weighted by Gasteiger charge is -2.54. The Labute approximate surface area is 219 Å². The van der Waals surface area contributed by atoms with Gasteiger partial charge in [-0.2, -0.15) is 0 Å². The number of carbonyl (C=O) groups excluding carboxylic acids is 3. The zero-order valence-corrected chi connectivity index (χ0v) is 21.7. The minimum Gasteiger partial charge on any atom is -0.482 e. The Balaban J connectivity index is 1.74. The van der Waals surface area contributed by atoms with Crippen molar-refractivity contribution in [2.45, 2.75) is 70.9 Å². The van der Waals surface area contributed by atoms with Gasteiger partial charge in [0.05, 0.1) is 6.10 Å². The molecule has 38 heavy (non-hydrogen) atoms. The van der Waals surface area contributed by atoms with E-state index < -0.39 is 53.4 Å². The average molecular weight is 530 g/mol. The normalized spacial score (nSPS) is 26.7. The van der Waals surface area contributed by atoms with E-state index in [1.54, 1.807) is 25.3 Å². The number of hydrogen-bond donors (Lipinski definition) is 1. The molecule has 1 aliphatic heterocycles.